The minimum Gasteiger partial charge on any atom is -0.398 e. The quantitative estimate of drug-likeness (QED) is 0.516. The van der Waals surface area contributed by atoms with Gasteiger partial charge in [-0.1, -0.05) is 18.2 Å². The van der Waals surface area contributed by atoms with Gasteiger partial charge in [0.05, 0.1) is 0 Å². The molecule has 1 aromatic rings. The Labute approximate surface area is 55.5 Å². The predicted molar refractivity (Wildman–Crippen MR) is 39.8 cm³/mol. The molecule has 0 spiro atoms. The molecule has 1 rings (SSSR count). The van der Waals surface area contributed by atoms with E-state index in [1.54, 1.807) is 0 Å². The van der Waals surface area contributed by atoms with Crippen LogP contribution in [-0.4, -0.2) is 0 Å². The first-order valence-corrected chi connectivity index (χ1v) is 2.74. The summed E-state index contributed by atoms with van der Waals surface area (Å²) in [4.78, 5) is 0. The molecule has 1 aromatic carbocycles. The molecule has 9 heavy (non-hydrogen) atoms. The smallest absolute Gasteiger partial charge is 0.0379 e. The van der Waals surface area contributed by atoms with Crippen LogP contribution >= 0.6 is 0 Å². The van der Waals surface area contributed by atoms with E-state index in [9.17, 15) is 0 Å². The summed E-state index contributed by atoms with van der Waals surface area (Å²) in [5.74, 6) is 0. The standard InChI is InChI=1S/C8H9N/c1-6-4-3-5-7(2)8(6)9/h3-5H,1-2,9H2. The van der Waals surface area contributed by atoms with Crippen molar-refractivity contribution in [1.29, 1.82) is 0 Å². The molecule has 0 aromatic heterocycles. The highest BCUT2D eigenvalue weighted by Crippen LogP contribution is 2.13. The number of hydrogen-bond acceptors (Lipinski definition) is 1. The topological polar surface area (TPSA) is 26.0 Å². The zero-order valence-corrected chi connectivity index (χ0v) is 5.22. The molecule has 0 heterocycles. The van der Waals surface area contributed by atoms with E-state index in [-0.39, 0.29) is 0 Å². The van der Waals surface area contributed by atoms with Crippen LogP contribution in [-0.2, 0) is 0 Å². The fourth-order valence-corrected chi connectivity index (χ4v) is 0.666. The Morgan fingerprint density at radius 3 is 1.89 bits per heavy atom. The number of benzene rings is 1. The van der Waals surface area contributed by atoms with Crippen molar-refractivity contribution in [3.05, 3.63) is 43.2 Å². The summed E-state index contributed by atoms with van der Waals surface area (Å²) in [6.07, 6.45) is 0. The minimum absolute atomic E-state index is 0.692. The van der Waals surface area contributed by atoms with Crippen molar-refractivity contribution in [2.24, 2.45) is 0 Å². The molecule has 0 fully saturated rings. The highest BCUT2D eigenvalue weighted by atomic mass is 14.6. The molecule has 0 amide bonds. The molecule has 0 atom stereocenters. The summed E-state index contributed by atoms with van der Waals surface area (Å²) in [5.41, 5.74) is 7.95. The lowest BCUT2D eigenvalue weighted by Gasteiger charge is -2.00. The molecule has 0 aliphatic rings. The Bertz CT molecular complexity index is 196. The molecule has 1 heteroatoms. The van der Waals surface area contributed by atoms with E-state index in [0.717, 1.165) is 11.1 Å². The number of nitrogens with two attached hydrogens (primary N) is 1. The first-order chi connectivity index (χ1) is 4.22. The van der Waals surface area contributed by atoms with Gasteiger partial charge in [-0.15, -0.1) is 0 Å². The minimum atomic E-state index is 0.692. The van der Waals surface area contributed by atoms with Crippen LogP contribution in [0.1, 0.15) is 11.1 Å². The Balaban J connectivity index is 3.25. The lowest BCUT2D eigenvalue weighted by Crippen LogP contribution is -1.91. The number of hydrogen-bond donors (Lipinski definition) is 1. The summed E-state index contributed by atoms with van der Waals surface area (Å²) in [6, 6.07) is 5.62. The van der Waals surface area contributed by atoms with Crippen molar-refractivity contribution in [2.75, 3.05) is 5.73 Å². The highest BCUT2D eigenvalue weighted by molar-refractivity contribution is 5.56. The van der Waals surface area contributed by atoms with E-state index in [1.165, 1.54) is 0 Å². The lowest BCUT2D eigenvalue weighted by atomic mass is 10.1. The van der Waals surface area contributed by atoms with Crippen molar-refractivity contribution in [3.8, 4) is 0 Å². The molecule has 0 saturated carbocycles. The van der Waals surface area contributed by atoms with Crippen molar-refractivity contribution < 1.29 is 0 Å². The first-order valence-electron chi connectivity index (χ1n) is 2.74. The van der Waals surface area contributed by atoms with Crippen LogP contribution in [0.5, 0.6) is 0 Å². The van der Waals surface area contributed by atoms with Gasteiger partial charge in [-0.25, -0.2) is 0 Å². The fraction of sp³-hybridized carbons (Fsp3) is 0. The van der Waals surface area contributed by atoms with Crippen LogP contribution < -0.4 is 5.73 Å². The van der Waals surface area contributed by atoms with Gasteiger partial charge in [-0.3, -0.25) is 0 Å². The van der Waals surface area contributed by atoms with Gasteiger partial charge in [-0.2, -0.15) is 0 Å². The van der Waals surface area contributed by atoms with E-state index in [2.05, 4.69) is 13.8 Å². The molecule has 2 radical (unpaired) electrons. The molecule has 2 N–H and O–H groups in total. The molecule has 1 nitrogen and oxygen atoms in total. The molecule has 0 bridgehead atoms. The van der Waals surface area contributed by atoms with Crippen LogP contribution in [0.25, 0.3) is 0 Å². The molecular weight excluding hydrogens is 110 g/mol. The van der Waals surface area contributed by atoms with Gasteiger partial charge in [-0.05, 0) is 25.0 Å². The molecule has 0 saturated heterocycles. The van der Waals surface area contributed by atoms with Crippen LogP contribution in [0.15, 0.2) is 18.2 Å². The van der Waals surface area contributed by atoms with Crippen molar-refractivity contribution >= 4 is 5.69 Å². The average molecular weight is 119 g/mol. The van der Waals surface area contributed by atoms with E-state index < -0.39 is 0 Å². The predicted octanol–water partition coefficient (Wildman–Crippen LogP) is 1.63. The largest absolute Gasteiger partial charge is 0.398 e. The van der Waals surface area contributed by atoms with Gasteiger partial charge in [0, 0.05) is 5.69 Å². The maximum Gasteiger partial charge on any atom is 0.0379 e. The van der Waals surface area contributed by atoms with Crippen LogP contribution in [0.2, 0.25) is 0 Å². The van der Waals surface area contributed by atoms with Crippen LogP contribution in [0.4, 0.5) is 5.69 Å². The van der Waals surface area contributed by atoms with Crippen LogP contribution in [0, 0.1) is 13.8 Å². The van der Waals surface area contributed by atoms with E-state index in [0.29, 0.717) is 5.69 Å². The Kier molecular flexibility index (Phi) is 1.43. The summed E-state index contributed by atoms with van der Waals surface area (Å²) >= 11 is 0. The van der Waals surface area contributed by atoms with E-state index >= 15 is 0 Å². The summed E-state index contributed by atoms with van der Waals surface area (Å²) in [6.45, 7) is 7.43. The maximum atomic E-state index is 5.56. The second-order valence-corrected chi connectivity index (χ2v) is 1.99. The zero-order valence-electron chi connectivity index (χ0n) is 5.22. The summed E-state index contributed by atoms with van der Waals surface area (Å²) < 4.78 is 0. The highest BCUT2D eigenvalue weighted by Gasteiger charge is 1.93. The number of nitrogen functional groups attached to an aromatic ring is 1. The number of rotatable bonds is 0. The lowest BCUT2D eigenvalue weighted by molar-refractivity contribution is 1.54. The van der Waals surface area contributed by atoms with Gasteiger partial charge >= 0.3 is 0 Å². The van der Waals surface area contributed by atoms with Crippen molar-refractivity contribution in [1.82, 2.24) is 0 Å². The fourth-order valence-electron chi connectivity index (χ4n) is 0.666. The third-order valence-corrected chi connectivity index (χ3v) is 1.29. The first kappa shape index (κ1) is 6.14. The molecule has 0 aliphatic carbocycles. The molecule has 0 unspecified atom stereocenters. The van der Waals surface area contributed by atoms with Crippen molar-refractivity contribution in [3.63, 3.8) is 0 Å². The van der Waals surface area contributed by atoms with Gasteiger partial charge in [0.2, 0.25) is 0 Å². The van der Waals surface area contributed by atoms with Gasteiger partial charge in [0.25, 0.3) is 0 Å². The van der Waals surface area contributed by atoms with Crippen LogP contribution in [0.3, 0.4) is 0 Å². The Morgan fingerprint density at radius 1 is 1.11 bits per heavy atom. The van der Waals surface area contributed by atoms with Crippen molar-refractivity contribution in [2.45, 2.75) is 0 Å². The summed E-state index contributed by atoms with van der Waals surface area (Å²) in [7, 11) is 0. The second kappa shape index (κ2) is 2.09. The Hall–Kier alpha value is -0.980. The average Bonchev–Trinajstić information content (AvgIpc) is 1.83. The number of para-hydroxylation sites is 1. The van der Waals surface area contributed by atoms with E-state index in [4.69, 9.17) is 5.73 Å². The SMILES string of the molecule is [CH2]c1cccc([CH2])c1N. The van der Waals surface area contributed by atoms with E-state index in [1.807, 2.05) is 18.2 Å². The molecule has 0 aliphatic heterocycles. The summed E-state index contributed by atoms with van der Waals surface area (Å²) in [5, 5.41) is 0. The maximum absolute atomic E-state index is 5.56. The molecule has 46 valence electrons. The third-order valence-electron chi connectivity index (χ3n) is 1.29. The van der Waals surface area contributed by atoms with Gasteiger partial charge in [0.1, 0.15) is 0 Å². The Morgan fingerprint density at radius 2 is 1.56 bits per heavy atom. The zero-order chi connectivity index (χ0) is 6.85. The van der Waals surface area contributed by atoms with Gasteiger partial charge < -0.3 is 5.73 Å². The monoisotopic (exact) mass is 119 g/mol. The normalized spacial score (nSPS) is 9.56. The second-order valence-electron chi connectivity index (χ2n) is 1.99. The number of anilines is 1. The molecular formula is C8H9N. The third kappa shape index (κ3) is 1.04. The van der Waals surface area contributed by atoms with Gasteiger partial charge in [0.15, 0.2) is 0 Å².